The van der Waals surface area contributed by atoms with E-state index in [-0.39, 0.29) is 5.60 Å². The van der Waals surface area contributed by atoms with Crippen LogP contribution >= 0.6 is 0 Å². The van der Waals surface area contributed by atoms with Crippen molar-refractivity contribution in [1.82, 2.24) is 0 Å². The number of allylic oxidation sites excluding steroid dienone is 2. The fraction of sp³-hybridized carbons (Fsp3) is 0.920. The molecule has 0 spiro atoms. The monoisotopic (exact) mass is 358 g/mol. The summed E-state index contributed by atoms with van der Waals surface area (Å²) in [5, 5.41) is 0. The number of rotatable bonds is 1. The van der Waals surface area contributed by atoms with Crippen molar-refractivity contribution >= 4 is 0 Å². The van der Waals surface area contributed by atoms with Crippen LogP contribution in [0.4, 0.5) is 0 Å². The van der Waals surface area contributed by atoms with E-state index in [4.69, 9.17) is 4.74 Å². The van der Waals surface area contributed by atoms with Crippen LogP contribution < -0.4 is 0 Å². The maximum absolute atomic E-state index is 6.84. The van der Waals surface area contributed by atoms with Crippen LogP contribution in [0.1, 0.15) is 99.3 Å². The largest absolute Gasteiger partial charge is 0.372 e. The molecule has 0 N–H and O–H groups in total. The Morgan fingerprint density at radius 3 is 2.46 bits per heavy atom. The van der Waals surface area contributed by atoms with Gasteiger partial charge in [-0.15, -0.1) is 0 Å². The normalized spacial score (nSPS) is 50.2. The standard InChI is InChI=1S/C25H42O/c1-7-17-11-12-19-22-20(13-15-25(17,19)6)24(5)14-9-8-10-18(24)16-21(22)26-23(2,3)4/h7,18-22H,8-16H2,1-6H3. The maximum Gasteiger partial charge on any atom is 0.0619 e. The molecule has 1 nitrogen and oxygen atoms in total. The topological polar surface area (TPSA) is 9.23 Å². The van der Waals surface area contributed by atoms with E-state index in [9.17, 15) is 0 Å². The molecule has 0 aromatic heterocycles. The predicted octanol–water partition coefficient (Wildman–Crippen LogP) is 7.16. The Morgan fingerprint density at radius 1 is 1.00 bits per heavy atom. The third kappa shape index (κ3) is 2.83. The lowest BCUT2D eigenvalue weighted by atomic mass is 9.44. The molecule has 0 bridgehead atoms. The molecule has 148 valence electrons. The van der Waals surface area contributed by atoms with E-state index in [1.165, 1.54) is 57.8 Å². The van der Waals surface area contributed by atoms with Gasteiger partial charge < -0.3 is 4.74 Å². The highest BCUT2D eigenvalue weighted by Crippen LogP contribution is 2.67. The second-order valence-electron chi connectivity index (χ2n) is 11.6. The van der Waals surface area contributed by atoms with Crippen molar-refractivity contribution in [1.29, 1.82) is 0 Å². The molecule has 0 heterocycles. The molecular weight excluding hydrogens is 316 g/mol. The fourth-order valence-corrected chi connectivity index (χ4v) is 8.13. The van der Waals surface area contributed by atoms with Gasteiger partial charge in [-0.25, -0.2) is 0 Å². The summed E-state index contributed by atoms with van der Waals surface area (Å²) in [6, 6.07) is 0. The summed E-state index contributed by atoms with van der Waals surface area (Å²) >= 11 is 0. The summed E-state index contributed by atoms with van der Waals surface area (Å²) in [6.07, 6.45) is 15.7. The summed E-state index contributed by atoms with van der Waals surface area (Å²) in [6.45, 7) is 14.4. The van der Waals surface area contributed by atoms with Crippen LogP contribution in [0.5, 0.6) is 0 Å². The van der Waals surface area contributed by atoms with Crippen LogP contribution in [-0.2, 0) is 4.74 Å². The molecular formula is C25H42O. The van der Waals surface area contributed by atoms with Crippen molar-refractivity contribution in [3.8, 4) is 0 Å². The molecule has 4 aliphatic carbocycles. The van der Waals surface area contributed by atoms with E-state index >= 15 is 0 Å². The zero-order valence-corrected chi connectivity index (χ0v) is 18.2. The van der Waals surface area contributed by atoms with Crippen LogP contribution in [0.3, 0.4) is 0 Å². The highest BCUT2D eigenvalue weighted by molar-refractivity contribution is 5.24. The van der Waals surface area contributed by atoms with Crippen molar-refractivity contribution in [2.75, 3.05) is 0 Å². The third-order valence-corrected chi connectivity index (χ3v) is 9.28. The summed E-state index contributed by atoms with van der Waals surface area (Å²) < 4.78 is 6.84. The van der Waals surface area contributed by atoms with Crippen molar-refractivity contribution in [2.24, 2.45) is 34.5 Å². The van der Waals surface area contributed by atoms with Gasteiger partial charge in [0.05, 0.1) is 11.7 Å². The lowest BCUT2D eigenvalue weighted by Crippen LogP contribution is -2.58. The lowest BCUT2D eigenvalue weighted by molar-refractivity contribution is -0.199. The Kier molecular flexibility index (Phi) is 4.66. The highest BCUT2D eigenvalue weighted by Gasteiger charge is 2.61. The SMILES string of the molecule is CC=C1CCC2C3C(OC(C)(C)C)CC4CCCCC4(C)C3CCC12C. The smallest absolute Gasteiger partial charge is 0.0619 e. The number of ether oxygens (including phenoxy) is 1. The predicted molar refractivity (Wildman–Crippen MR) is 110 cm³/mol. The molecule has 4 fully saturated rings. The second-order valence-corrected chi connectivity index (χ2v) is 11.6. The average molecular weight is 359 g/mol. The summed E-state index contributed by atoms with van der Waals surface area (Å²) in [7, 11) is 0. The number of fused-ring (bicyclic) bond motifs is 5. The van der Waals surface area contributed by atoms with Gasteiger partial charge >= 0.3 is 0 Å². The van der Waals surface area contributed by atoms with Gasteiger partial charge in [0.2, 0.25) is 0 Å². The first kappa shape index (κ1) is 19.0. The Morgan fingerprint density at radius 2 is 1.77 bits per heavy atom. The molecule has 4 aliphatic rings. The summed E-state index contributed by atoms with van der Waals surface area (Å²) in [5.41, 5.74) is 2.77. The first-order valence-electron chi connectivity index (χ1n) is 11.5. The van der Waals surface area contributed by atoms with E-state index in [1.54, 1.807) is 5.57 Å². The Labute approximate surface area is 162 Å². The zero-order valence-electron chi connectivity index (χ0n) is 18.2. The first-order chi connectivity index (χ1) is 12.2. The van der Waals surface area contributed by atoms with Gasteiger partial charge in [-0.1, -0.05) is 38.3 Å². The molecule has 7 atom stereocenters. The van der Waals surface area contributed by atoms with Crippen LogP contribution in [-0.4, -0.2) is 11.7 Å². The molecule has 0 amide bonds. The van der Waals surface area contributed by atoms with Crippen LogP contribution in [0, 0.1) is 34.5 Å². The van der Waals surface area contributed by atoms with E-state index in [0.29, 0.717) is 16.9 Å². The number of hydrogen-bond donors (Lipinski definition) is 0. The minimum Gasteiger partial charge on any atom is -0.372 e. The van der Waals surface area contributed by atoms with E-state index in [1.807, 2.05) is 0 Å². The minimum atomic E-state index is -0.0203. The molecule has 0 radical (unpaired) electrons. The maximum atomic E-state index is 6.84. The molecule has 7 unspecified atom stereocenters. The quantitative estimate of drug-likeness (QED) is 0.452. The van der Waals surface area contributed by atoms with Crippen molar-refractivity contribution in [3.63, 3.8) is 0 Å². The zero-order chi connectivity index (χ0) is 18.7. The molecule has 0 aromatic rings. The molecule has 0 aromatic carbocycles. The van der Waals surface area contributed by atoms with Crippen LogP contribution in [0.25, 0.3) is 0 Å². The molecule has 26 heavy (non-hydrogen) atoms. The van der Waals surface area contributed by atoms with Gasteiger partial charge in [0.25, 0.3) is 0 Å². The van der Waals surface area contributed by atoms with Gasteiger partial charge in [-0.2, -0.15) is 0 Å². The average Bonchev–Trinajstić information content (AvgIpc) is 2.90. The fourth-order valence-electron chi connectivity index (χ4n) is 8.13. The van der Waals surface area contributed by atoms with Gasteiger partial charge in [0.15, 0.2) is 0 Å². The van der Waals surface area contributed by atoms with E-state index in [2.05, 4.69) is 47.6 Å². The Bertz CT molecular complexity index is 569. The second kappa shape index (κ2) is 6.36. The van der Waals surface area contributed by atoms with Gasteiger partial charge in [0, 0.05) is 0 Å². The van der Waals surface area contributed by atoms with Crippen molar-refractivity contribution < 1.29 is 4.74 Å². The van der Waals surface area contributed by atoms with Crippen molar-refractivity contribution in [3.05, 3.63) is 11.6 Å². The highest BCUT2D eigenvalue weighted by atomic mass is 16.5. The molecule has 4 saturated carbocycles. The van der Waals surface area contributed by atoms with E-state index in [0.717, 1.165) is 23.7 Å². The summed E-state index contributed by atoms with van der Waals surface area (Å²) in [4.78, 5) is 0. The van der Waals surface area contributed by atoms with Crippen molar-refractivity contribution in [2.45, 2.75) is 111 Å². The van der Waals surface area contributed by atoms with E-state index < -0.39 is 0 Å². The molecule has 4 rings (SSSR count). The minimum absolute atomic E-state index is 0.0203. The van der Waals surface area contributed by atoms with Gasteiger partial charge in [-0.3, -0.25) is 0 Å². The number of hydrogen-bond acceptors (Lipinski definition) is 1. The summed E-state index contributed by atoms with van der Waals surface area (Å²) in [5.74, 6) is 3.42. The van der Waals surface area contributed by atoms with Crippen LogP contribution in [0.2, 0.25) is 0 Å². The Balaban J connectivity index is 1.72. The Hall–Kier alpha value is -0.300. The molecule has 0 aliphatic heterocycles. The first-order valence-corrected chi connectivity index (χ1v) is 11.5. The van der Waals surface area contributed by atoms with Crippen LogP contribution in [0.15, 0.2) is 11.6 Å². The lowest BCUT2D eigenvalue weighted by Gasteiger charge is -2.62. The third-order valence-electron chi connectivity index (χ3n) is 9.28. The van der Waals surface area contributed by atoms with Gasteiger partial charge in [0.1, 0.15) is 0 Å². The molecule has 1 heteroatoms. The van der Waals surface area contributed by atoms with Gasteiger partial charge in [-0.05, 0) is 107 Å². The molecule has 0 saturated heterocycles.